The number of hydrogen-bond acceptors (Lipinski definition) is 5. The second kappa shape index (κ2) is 6.05. The predicted molar refractivity (Wildman–Crippen MR) is 97.9 cm³/mol. The number of ether oxygens (including phenoxy) is 2. The summed E-state index contributed by atoms with van der Waals surface area (Å²) in [6, 6.07) is 10.6. The Kier molecular flexibility index (Phi) is 3.69. The highest BCUT2D eigenvalue weighted by Gasteiger charge is 2.34. The summed E-state index contributed by atoms with van der Waals surface area (Å²) in [6.07, 6.45) is 1.09. The van der Waals surface area contributed by atoms with Gasteiger partial charge in [-0.15, -0.1) is 22.7 Å². The Bertz CT molecular complexity index is 904. The summed E-state index contributed by atoms with van der Waals surface area (Å²) < 4.78 is 10.8. The molecule has 2 aromatic heterocycles. The monoisotopic (exact) mass is 372 g/mol. The maximum Gasteiger partial charge on any atom is 0.231 e. The van der Waals surface area contributed by atoms with Crippen molar-refractivity contribution >= 4 is 22.7 Å². The number of nitrogens with one attached hydrogen (secondary N) is 1. The van der Waals surface area contributed by atoms with Crippen molar-refractivity contribution in [1.29, 1.82) is 0 Å². The molecule has 3 aromatic rings. The van der Waals surface area contributed by atoms with Crippen LogP contribution in [0.15, 0.2) is 41.1 Å². The van der Waals surface area contributed by atoms with Crippen molar-refractivity contribution in [2.24, 2.45) is 0 Å². The van der Waals surface area contributed by atoms with E-state index in [1.807, 2.05) is 28.7 Å². The fraction of sp³-hybridized carbons (Fsp3) is 0.263. The van der Waals surface area contributed by atoms with Crippen LogP contribution >= 0.6 is 22.7 Å². The molecule has 5 rings (SSSR count). The van der Waals surface area contributed by atoms with Crippen molar-refractivity contribution in [1.82, 2.24) is 0 Å². The Hall–Kier alpha value is -2.02. The molecule has 2 N–H and O–H groups in total. The zero-order valence-corrected chi connectivity index (χ0v) is 15.2. The van der Waals surface area contributed by atoms with Crippen LogP contribution in [0.4, 0.5) is 0 Å². The molecule has 2 atom stereocenters. The van der Waals surface area contributed by atoms with Gasteiger partial charge < -0.3 is 19.5 Å². The Morgan fingerprint density at radius 3 is 2.84 bits per heavy atom. The zero-order chi connectivity index (χ0) is 16.8. The molecule has 0 aliphatic carbocycles. The second-order valence-electron chi connectivity index (χ2n) is 6.42. The fourth-order valence-corrected chi connectivity index (χ4v) is 5.63. The van der Waals surface area contributed by atoms with Gasteiger partial charge in [0.1, 0.15) is 18.3 Å². The third-order valence-corrected chi connectivity index (χ3v) is 6.93. The Labute approximate surface area is 153 Å². The van der Waals surface area contributed by atoms with Crippen LogP contribution in [-0.2, 0) is 13.0 Å². The normalized spacial score (nSPS) is 21.3. The number of thiophene rings is 2. The molecule has 4 heterocycles. The van der Waals surface area contributed by atoms with Crippen LogP contribution in [0.2, 0.25) is 0 Å². The molecule has 6 heteroatoms. The van der Waals surface area contributed by atoms with E-state index in [9.17, 15) is 5.11 Å². The van der Waals surface area contributed by atoms with Crippen LogP contribution in [0.1, 0.15) is 26.9 Å². The van der Waals surface area contributed by atoms with E-state index in [0.29, 0.717) is 11.8 Å². The molecule has 0 saturated carbocycles. The number of phenolic OH excluding ortho intramolecular Hbond substituents is 1. The smallest absolute Gasteiger partial charge is 0.231 e. The number of aromatic hydroxyl groups is 1. The number of hydrogen-bond donors (Lipinski definition) is 2. The molecule has 128 valence electrons. The lowest BCUT2D eigenvalue weighted by molar-refractivity contribution is -0.940. The van der Waals surface area contributed by atoms with Gasteiger partial charge in [0.05, 0.1) is 17.0 Å². The minimum atomic E-state index is 0.227. The van der Waals surface area contributed by atoms with Crippen LogP contribution in [0.5, 0.6) is 17.2 Å². The maximum absolute atomic E-state index is 10.4. The molecule has 2 aliphatic heterocycles. The van der Waals surface area contributed by atoms with Crippen molar-refractivity contribution in [3.63, 3.8) is 0 Å². The molecule has 1 aromatic carbocycles. The van der Waals surface area contributed by atoms with E-state index in [4.69, 9.17) is 9.47 Å². The van der Waals surface area contributed by atoms with Crippen LogP contribution in [-0.4, -0.2) is 18.4 Å². The molecule has 1 unspecified atom stereocenters. The van der Waals surface area contributed by atoms with E-state index in [0.717, 1.165) is 30.8 Å². The first-order chi connectivity index (χ1) is 12.3. The Balaban J connectivity index is 1.51. The number of quaternary nitrogens is 1. The Morgan fingerprint density at radius 1 is 1.12 bits per heavy atom. The molecule has 4 nitrogen and oxygen atoms in total. The molecule has 0 amide bonds. The molecular weight excluding hydrogens is 354 g/mol. The van der Waals surface area contributed by atoms with Crippen molar-refractivity contribution in [2.75, 3.05) is 13.3 Å². The topological polar surface area (TPSA) is 43.1 Å². The summed E-state index contributed by atoms with van der Waals surface area (Å²) >= 11 is 3.67. The first kappa shape index (κ1) is 15.3. The molecule has 0 fully saturated rings. The summed E-state index contributed by atoms with van der Waals surface area (Å²) in [7, 11) is 0. The minimum absolute atomic E-state index is 0.227. The van der Waals surface area contributed by atoms with Gasteiger partial charge in [0, 0.05) is 22.9 Å². The number of fused-ring (bicyclic) bond motifs is 2. The Morgan fingerprint density at radius 2 is 2.00 bits per heavy atom. The van der Waals surface area contributed by atoms with Gasteiger partial charge >= 0.3 is 0 Å². The van der Waals surface area contributed by atoms with Crippen molar-refractivity contribution in [3.8, 4) is 17.2 Å². The lowest BCUT2D eigenvalue weighted by Crippen LogP contribution is -3.12. The van der Waals surface area contributed by atoms with Crippen LogP contribution in [0, 0.1) is 0 Å². The molecule has 25 heavy (non-hydrogen) atoms. The average molecular weight is 372 g/mol. The van der Waals surface area contributed by atoms with E-state index in [1.54, 1.807) is 6.07 Å². The standard InChI is InChI=1S/C19H17NO3S2/c21-14-9-16-15(22-11-23-16)8-12(14)10-20-5-3-17-13(4-7-25-17)19(20)18-2-1-6-24-18/h1-2,4,6-9,19,21H,3,5,10-11H2/p+1/t19-/m0/s1. The van der Waals surface area contributed by atoms with E-state index < -0.39 is 0 Å². The third kappa shape index (κ3) is 2.61. The summed E-state index contributed by atoms with van der Waals surface area (Å²) in [6.45, 7) is 2.05. The van der Waals surface area contributed by atoms with Gasteiger partial charge in [-0.1, -0.05) is 6.07 Å². The highest BCUT2D eigenvalue weighted by molar-refractivity contribution is 7.10. The van der Waals surface area contributed by atoms with Crippen molar-refractivity contribution in [2.45, 2.75) is 19.0 Å². The van der Waals surface area contributed by atoms with Gasteiger partial charge in [0.25, 0.3) is 0 Å². The SMILES string of the molecule is Oc1cc2c(cc1C[NH+]1CCc3sccc3[C@H]1c1cccs1)OCO2. The molecule has 0 radical (unpaired) electrons. The van der Waals surface area contributed by atoms with Gasteiger partial charge in [0.2, 0.25) is 6.79 Å². The van der Waals surface area contributed by atoms with Gasteiger partial charge in [-0.3, -0.25) is 0 Å². The minimum Gasteiger partial charge on any atom is -0.507 e. The van der Waals surface area contributed by atoms with E-state index in [1.165, 1.54) is 20.2 Å². The number of benzene rings is 1. The molecule has 0 spiro atoms. The predicted octanol–water partition coefficient (Wildman–Crippen LogP) is 2.97. The van der Waals surface area contributed by atoms with Gasteiger partial charge in [0.15, 0.2) is 11.5 Å². The van der Waals surface area contributed by atoms with Crippen LogP contribution in [0.25, 0.3) is 0 Å². The van der Waals surface area contributed by atoms with E-state index >= 15 is 0 Å². The van der Waals surface area contributed by atoms with Gasteiger partial charge in [-0.2, -0.15) is 0 Å². The largest absolute Gasteiger partial charge is 0.507 e. The van der Waals surface area contributed by atoms with Gasteiger partial charge in [-0.05, 0) is 29.0 Å². The molecular formula is C19H18NO3S2+. The third-order valence-electron chi connectivity index (χ3n) is 4.99. The highest BCUT2D eigenvalue weighted by Crippen LogP contribution is 2.38. The van der Waals surface area contributed by atoms with Crippen LogP contribution < -0.4 is 14.4 Å². The summed E-state index contributed by atoms with van der Waals surface area (Å²) in [4.78, 5) is 4.34. The lowest BCUT2D eigenvalue weighted by Gasteiger charge is -2.32. The molecule has 2 aliphatic rings. The molecule has 0 bridgehead atoms. The van der Waals surface area contributed by atoms with Crippen LogP contribution in [0.3, 0.4) is 0 Å². The number of rotatable bonds is 3. The summed E-state index contributed by atoms with van der Waals surface area (Å²) in [5, 5.41) is 14.8. The van der Waals surface area contributed by atoms with E-state index in [2.05, 4.69) is 29.0 Å². The maximum atomic E-state index is 10.4. The zero-order valence-electron chi connectivity index (χ0n) is 13.5. The number of phenols is 1. The summed E-state index contributed by atoms with van der Waals surface area (Å²) in [5.41, 5.74) is 2.36. The highest BCUT2D eigenvalue weighted by atomic mass is 32.1. The second-order valence-corrected chi connectivity index (χ2v) is 8.40. The van der Waals surface area contributed by atoms with Gasteiger partial charge in [-0.25, -0.2) is 0 Å². The summed E-state index contributed by atoms with van der Waals surface area (Å²) in [5.74, 6) is 1.65. The van der Waals surface area contributed by atoms with Crippen molar-refractivity contribution in [3.05, 3.63) is 62.0 Å². The van der Waals surface area contributed by atoms with E-state index in [-0.39, 0.29) is 12.5 Å². The van der Waals surface area contributed by atoms with Crippen molar-refractivity contribution < 1.29 is 19.5 Å². The first-order valence-electron chi connectivity index (χ1n) is 8.35. The average Bonchev–Trinajstić information content (AvgIpc) is 3.36. The fourth-order valence-electron chi connectivity index (χ4n) is 3.81. The first-order valence-corrected chi connectivity index (χ1v) is 10.1. The molecule has 0 saturated heterocycles. The lowest BCUT2D eigenvalue weighted by atomic mass is 9.97. The quantitative estimate of drug-likeness (QED) is 0.743.